The van der Waals surface area contributed by atoms with Crippen molar-refractivity contribution in [1.29, 1.82) is 0 Å². The van der Waals surface area contributed by atoms with E-state index in [2.05, 4.69) is 0 Å². The van der Waals surface area contributed by atoms with Crippen LogP contribution in [0.5, 0.6) is 0 Å². The van der Waals surface area contributed by atoms with Gasteiger partial charge in [0.2, 0.25) is 0 Å². The largest absolute Gasteiger partial charge is 0.461 e. The molecule has 3 N–H and O–H groups in total. The minimum Gasteiger partial charge on any atom is -0.461 e. The van der Waals surface area contributed by atoms with Gasteiger partial charge in [0, 0.05) is 6.42 Å². The summed E-state index contributed by atoms with van der Waals surface area (Å²) in [5.41, 5.74) is 6.05. The number of Topliss-reactive ketones (excluding diaryl/α,β-unsaturated/α-hetero) is 1. The van der Waals surface area contributed by atoms with Gasteiger partial charge in [0.1, 0.15) is 12.4 Å². The summed E-state index contributed by atoms with van der Waals surface area (Å²) in [4.78, 5) is 22.1. The van der Waals surface area contributed by atoms with Crippen molar-refractivity contribution in [2.24, 2.45) is 5.73 Å². The molecule has 1 rings (SSSR count). The highest BCUT2D eigenvalue weighted by Crippen LogP contribution is 2.02. The van der Waals surface area contributed by atoms with E-state index in [-0.39, 0.29) is 37.7 Å². The first kappa shape index (κ1) is 19.2. The molecule has 0 amide bonds. The van der Waals surface area contributed by atoms with Crippen LogP contribution in [0.1, 0.15) is 18.4 Å². The molecule has 0 radical (unpaired) electrons. The molecule has 0 aliphatic heterocycles. The highest BCUT2D eigenvalue weighted by Gasteiger charge is 2.06. The molecule has 0 unspecified atom stereocenters. The number of hydrogen-bond donors (Lipinski definition) is 2. The van der Waals surface area contributed by atoms with Crippen LogP contribution < -0.4 is 5.73 Å². The third-order valence-electron chi connectivity index (χ3n) is 2.08. The van der Waals surface area contributed by atoms with Crippen LogP contribution in [-0.2, 0) is 31.1 Å². The van der Waals surface area contributed by atoms with Crippen molar-refractivity contribution in [3.63, 3.8) is 0 Å². The van der Waals surface area contributed by atoms with Gasteiger partial charge < -0.3 is 10.5 Å². The summed E-state index contributed by atoms with van der Waals surface area (Å²) in [6.45, 7) is 0.225. The molecule has 0 aliphatic carbocycles. The van der Waals surface area contributed by atoms with Gasteiger partial charge in [0.25, 0.3) is 10.1 Å². The minimum absolute atomic E-state index is 0.0219. The molecule has 118 valence electrons. The Bertz CT molecular complexity index is 533. The first-order valence-electron chi connectivity index (χ1n) is 6.06. The summed E-state index contributed by atoms with van der Waals surface area (Å²) < 4.78 is 30.9. The van der Waals surface area contributed by atoms with Gasteiger partial charge >= 0.3 is 5.97 Å². The maximum atomic E-state index is 11.2. The van der Waals surface area contributed by atoms with E-state index in [0.717, 1.165) is 5.56 Å². The third-order valence-corrected chi connectivity index (χ3v) is 2.08. The number of rotatable bonds is 6. The van der Waals surface area contributed by atoms with Crippen LogP contribution in [0.2, 0.25) is 0 Å². The number of carbonyl (C=O) groups excluding carboxylic acids is 2. The highest BCUT2D eigenvalue weighted by molar-refractivity contribution is 7.85. The van der Waals surface area contributed by atoms with Crippen molar-refractivity contribution in [3.8, 4) is 0 Å². The number of ketones is 1. The molecular formula is C13H19NO6S. The molecule has 0 saturated carbocycles. The van der Waals surface area contributed by atoms with Crippen molar-refractivity contribution in [2.75, 3.05) is 12.8 Å². The van der Waals surface area contributed by atoms with Crippen LogP contribution in [-0.4, -0.2) is 37.5 Å². The summed E-state index contributed by atoms with van der Waals surface area (Å²) in [6, 6.07) is 9.39. The molecule has 0 aromatic heterocycles. The average molecular weight is 317 g/mol. The second-order valence-corrected chi connectivity index (χ2v) is 5.59. The normalized spacial score (nSPS) is 10.2. The van der Waals surface area contributed by atoms with Gasteiger partial charge in [0.05, 0.1) is 19.2 Å². The zero-order valence-electron chi connectivity index (χ0n) is 11.7. The molecule has 0 spiro atoms. The molecule has 1 aromatic rings. The number of hydrogen-bond acceptors (Lipinski definition) is 6. The molecule has 0 aliphatic rings. The first-order valence-corrected chi connectivity index (χ1v) is 7.91. The van der Waals surface area contributed by atoms with Gasteiger partial charge in [-0.1, -0.05) is 30.3 Å². The van der Waals surface area contributed by atoms with E-state index in [1.165, 1.54) is 0 Å². The van der Waals surface area contributed by atoms with Crippen LogP contribution in [0, 0.1) is 0 Å². The molecule has 0 bridgehead atoms. The van der Waals surface area contributed by atoms with Crippen molar-refractivity contribution < 1.29 is 27.3 Å². The van der Waals surface area contributed by atoms with Gasteiger partial charge in [-0.3, -0.25) is 14.1 Å². The van der Waals surface area contributed by atoms with Crippen molar-refractivity contribution >= 4 is 21.9 Å². The highest BCUT2D eigenvalue weighted by atomic mass is 32.2. The molecule has 8 heteroatoms. The zero-order chi connectivity index (χ0) is 16.3. The SMILES string of the molecule is CS(=O)(=O)O.NCC(=O)CCC(=O)OCc1ccccc1. The van der Waals surface area contributed by atoms with Gasteiger partial charge in [-0.2, -0.15) is 8.42 Å². The topological polar surface area (TPSA) is 124 Å². The second kappa shape index (κ2) is 10.0. The Hall–Kier alpha value is -1.77. The molecule has 0 saturated heterocycles. The number of carbonyl (C=O) groups is 2. The summed E-state index contributed by atoms with van der Waals surface area (Å²) in [6.07, 6.45) is 0.972. The van der Waals surface area contributed by atoms with E-state index in [1.807, 2.05) is 30.3 Å². The molecule has 1 aromatic carbocycles. The van der Waals surface area contributed by atoms with Gasteiger partial charge in [-0.25, -0.2) is 0 Å². The van der Waals surface area contributed by atoms with Gasteiger partial charge in [-0.15, -0.1) is 0 Å². The van der Waals surface area contributed by atoms with Gasteiger partial charge in [-0.05, 0) is 5.56 Å². The summed E-state index contributed by atoms with van der Waals surface area (Å²) in [7, 11) is -3.67. The summed E-state index contributed by atoms with van der Waals surface area (Å²) in [5, 5.41) is 0. The Kier molecular flexibility index (Phi) is 9.18. The number of nitrogens with two attached hydrogens (primary N) is 1. The molecule has 21 heavy (non-hydrogen) atoms. The number of esters is 1. The average Bonchev–Trinajstić information content (AvgIpc) is 2.41. The van der Waals surface area contributed by atoms with E-state index in [1.54, 1.807) is 0 Å². The molecule has 7 nitrogen and oxygen atoms in total. The van der Waals surface area contributed by atoms with Crippen LogP contribution in [0.15, 0.2) is 30.3 Å². The lowest BCUT2D eigenvalue weighted by molar-refractivity contribution is -0.146. The molecule has 0 atom stereocenters. The Labute approximate surface area is 123 Å². The van der Waals surface area contributed by atoms with Crippen molar-refractivity contribution in [2.45, 2.75) is 19.4 Å². The van der Waals surface area contributed by atoms with E-state index in [9.17, 15) is 18.0 Å². The smallest absolute Gasteiger partial charge is 0.306 e. The maximum absolute atomic E-state index is 11.2. The Morgan fingerprint density at radius 3 is 2.19 bits per heavy atom. The van der Waals surface area contributed by atoms with E-state index >= 15 is 0 Å². The Morgan fingerprint density at radius 2 is 1.71 bits per heavy atom. The second-order valence-electron chi connectivity index (χ2n) is 4.12. The monoisotopic (exact) mass is 317 g/mol. The minimum atomic E-state index is -3.67. The lowest BCUT2D eigenvalue weighted by Gasteiger charge is -2.04. The summed E-state index contributed by atoms with van der Waals surface area (Å²) >= 11 is 0. The van der Waals surface area contributed by atoms with E-state index in [0.29, 0.717) is 6.26 Å². The molecular weight excluding hydrogens is 298 g/mol. The first-order chi connectivity index (χ1) is 9.72. The van der Waals surface area contributed by atoms with E-state index < -0.39 is 10.1 Å². The Balaban J connectivity index is 0.000000690. The van der Waals surface area contributed by atoms with E-state index in [4.69, 9.17) is 15.0 Å². The lowest BCUT2D eigenvalue weighted by Crippen LogP contribution is -2.15. The van der Waals surface area contributed by atoms with Gasteiger partial charge in [0.15, 0.2) is 0 Å². The zero-order valence-corrected chi connectivity index (χ0v) is 12.5. The van der Waals surface area contributed by atoms with Crippen LogP contribution in [0.3, 0.4) is 0 Å². The fourth-order valence-corrected chi connectivity index (χ4v) is 1.15. The quantitative estimate of drug-likeness (QED) is 0.579. The Morgan fingerprint density at radius 1 is 1.19 bits per heavy atom. The predicted octanol–water partition coefficient (Wildman–Crippen LogP) is 0.542. The van der Waals surface area contributed by atoms with Crippen molar-refractivity contribution in [3.05, 3.63) is 35.9 Å². The lowest BCUT2D eigenvalue weighted by atomic mass is 10.2. The fraction of sp³-hybridized carbons (Fsp3) is 0.385. The number of benzene rings is 1. The number of ether oxygens (including phenoxy) is 1. The standard InChI is InChI=1S/C12H15NO3.CH4O3S/c13-8-11(14)6-7-12(15)16-9-10-4-2-1-3-5-10;1-5(2,3)4/h1-5H,6-9,13H2;1H3,(H,2,3,4). The summed E-state index contributed by atoms with van der Waals surface area (Å²) in [5.74, 6) is -0.498. The van der Waals surface area contributed by atoms with Crippen LogP contribution in [0.25, 0.3) is 0 Å². The fourth-order valence-electron chi connectivity index (χ4n) is 1.15. The van der Waals surface area contributed by atoms with Crippen molar-refractivity contribution in [1.82, 2.24) is 0 Å². The van der Waals surface area contributed by atoms with Crippen LogP contribution in [0.4, 0.5) is 0 Å². The maximum Gasteiger partial charge on any atom is 0.306 e. The predicted molar refractivity (Wildman–Crippen MR) is 77.0 cm³/mol. The molecule has 0 fully saturated rings. The third kappa shape index (κ3) is 14.4. The molecule has 0 heterocycles. The van der Waals surface area contributed by atoms with Crippen LogP contribution >= 0.6 is 0 Å².